The van der Waals surface area contributed by atoms with E-state index in [2.05, 4.69) is 51.5 Å². The number of fused-ring (bicyclic) bond motifs is 1. The summed E-state index contributed by atoms with van der Waals surface area (Å²) in [6.45, 7) is 9.62. The van der Waals surface area contributed by atoms with Gasteiger partial charge in [-0.2, -0.15) is 4.68 Å². The van der Waals surface area contributed by atoms with Crippen molar-refractivity contribution in [1.82, 2.24) is 20.2 Å². The van der Waals surface area contributed by atoms with Crippen molar-refractivity contribution in [3.63, 3.8) is 0 Å². The molecule has 0 bridgehead atoms. The molecule has 0 radical (unpaired) electrons. The highest BCUT2D eigenvalue weighted by Gasteiger charge is 2.29. The monoisotopic (exact) mass is 415 g/mol. The first-order valence-corrected chi connectivity index (χ1v) is 10.3. The molecule has 8 nitrogen and oxygen atoms in total. The Hall–Kier alpha value is -3.81. The number of benzene rings is 2. The first kappa shape index (κ1) is 20.5. The van der Waals surface area contributed by atoms with Crippen molar-refractivity contribution in [3.8, 4) is 11.4 Å². The van der Waals surface area contributed by atoms with Crippen LogP contribution in [-0.4, -0.2) is 45.4 Å². The van der Waals surface area contributed by atoms with Gasteiger partial charge in [0.15, 0.2) is 17.4 Å². The Kier molecular flexibility index (Phi) is 5.62. The highest BCUT2D eigenvalue weighted by Crippen LogP contribution is 2.28. The fourth-order valence-corrected chi connectivity index (χ4v) is 3.57. The smallest absolute Gasteiger partial charge is 0.222 e. The fourth-order valence-electron chi connectivity index (χ4n) is 3.57. The summed E-state index contributed by atoms with van der Waals surface area (Å²) in [5.74, 6) is 1.23. The van der Waals surface area contributed by atoms with Crippen LogP contribution in [0.1, 0.15) is 32.2 Å². The second-order valence-corrected chi connectivity index (χ2v) is 7.26. The van der Waals surface area contributed by atoms with E-state index in [1.165, 1.54) is 6.92 Å². The van der Waals surface area contributed by atoms with Gasteiger partial charge in [-0.25, -0.2) is 4.99 Å². The third-order valence-corrected chi connectivity index (χ3v) is 5.14. The minimum Gasteiger partial charge on any atom is -0.372 e. The Morgan fingerprint density at radius 2 is 1.77 bits per heavy atom. The van der Waals surface area contributed by atoms with Gasteiger partial charge in [0.05, 0.1) is 5.69 Å². The Labute approximate surface area is 181 Å². The number of anilines is 1. The average molecular weight is 416 g/mol. The van der Waals surface area contributed by atoms with Crippen LogP contribution in [0.15, 0.2) is 58.6 Å². The van der Waals surface area contributed by atoms with E-state index in [9.17, 15) is 4.79 Å². The molecule has 1 N–H and O–H groups in total. The fraction of sp³-hybridized carbons (Fsp3) is 0.261. The topological polar surface area (TPSA) is 87.8 Å². The average Bonchev–Trinajstić information content (AvgIpc) is 3.31. The number of nitrogens with one attached hydrogen (secondary N) is 1. The van der Waals surface area contributed by atoms with Crippen LogP contribution in [0.5, 0.6) is 0 Å². The van der Waals surface area contributed by atoms with Crippen LogP contribution in [-0.2, 0) is 4.79 Å². The van der Waals surface area contributed by atoms with Crippen LogP contribution in [0, 0.1) is 6.92 Å². The molecule has 1 aliphatic heterocycles. The maximum Gasteiger partial charge on any atom is 0.222 e. The molecule has 158 valence electrons. The van der Waals surface area contributed by atoms with E-state index in [1.807, 2.05) is 43.3 Å². The molecule has 0 saturated heterocycles. The molecule has 2 heterocycles. The molecule has 31 heavy (non-hydrogen) atoms. The molecule has 1 aromatic heterocycles. The molecule has 8 heteroatoms. The molecule has 4 rings (SSSR count). The lowest BCUT2D eigenvalue weighted by Crippen LogP contribution is -2.33. The van der Waals surface area contributed by atoms with E-state index in [0.717, 1.165) is 35.6 Å². The zero-order valence-electron chi connectivity index (χ0n) is 18.1. The number of rotatable bonds is 5. The zero-order chi connectivity index (χ0) is 22.0. The summed E-state index contributed by atoms with van der Waals surface area (Å²) in [7, 11) is 0. The number of nitrogens with zero attached hydrogens (tertiary/aromatic N) is 6. The number of aromatic nitrogens is 3. The summed E-state index contributed by atoms with van der Waals surface area (Å²) in [5.41, 5.74) is 4.35. The van der Waals surface area contributed by atoms with E-state index in [-0.39, 0.29) is 5.91 Å². The van der Waals surface area contributed by atoms with Crippen molar-refractivity contribution in [2.75, 3.05) is 18.0 Å². The number of hydrogen-bond donors (Lipinski definition) is 1. The predicted octanol–water partition coefficient (Wildman–Crippen LogP) is 3.53. The van der Waals surface area contributed by atoms with Crippen LogP contribution in [0.3, 0.4) is 0 Å². The highest BCUT2D eigenvalue weighted by atomic mass is 16.1. The van der Waals surface area contributed by atoms with Crippen molar-refractivity contribution in [2.45, 2.75) is 27.7 Å². The summed E-state index contributed by atoms with van der Waals surface area (Å²) in [6, 6.07) is 15.8. The van der Waals surface area contributed by atoms with Gasteiger partial charge < -0.3 is 10.2 Å². The maximum absolute atomic E-state index is 11.8. The molecule has 1 aliphatic rings. The van der Waals surface area contributed by atoms with Gasteiger partial charge in [-0.1, -0.05) is 30.3 Å². The SMILES string of the molecule is CCN(CC)c1ccc(N=C2C(NC(C)=O)=Nn3c2nnc3-c2ccccc2)c(C)c1. The lowest BCUT2D eigenvalue weighted by atomic mass is 10.1. The second kappa shape index (κ2) is 8.51. The van der Waals surface area contributed by atoms with Crippen LogP contribution < -0.4 is 10.2 Å². The third-order valence-electron chi connectivity index (χ3n) is 5.14. The predicted molar refractivity (Wildman–Crippen MR) is 123 cm³/mol. The summed E-state index contributed by atoms with van der Waals surface area (Å²) >= 11 is 0. The van der Waals surface area contributed by atoms with Crippen molar-refractivity contribution < 1.29 is 4.79 Å². The number of carbonyl (C=O) groups excluding carboxylic acids is 1. The van der Waals surface area contributed by atoms with E-state index in [4.69, 9.17) is 4.99 Å². The summed E-state index contributed by atoms with van der Waals surface area (Å²) in [5, 5.41) is 15.9. The number of hydrogen-bond acceptors (Lipinski definition) is 6. The number of amides is 1. The first-order chi connectivity index (χ1) is 15.0. The van der Waals surface area contributed by atoms with Gasteiger partial charge >= 0.3 is 0 Å². The number of carbonyl (C=O) groups is 1. The highest BCUT2D eigenvalue weighted by molar-refractivity contribution is 6.50. The Morgan fingerprint density at radius 1 is 1.06 bits per heavy atom. The van der Waals surface area contributed by atoms with E-state index < -0.39 is 0 Å². The molecule has 0 fully saturated rings. The van der Waals surface area contributed by atoms with Gasteiger partial charge in [0.25, 0.3) is 0 Å². The molecule has 3 aromatic rings. The van der Waals surface area contributed by atoms with Crippen LogP contribution in [0.4, 0.5) is 11.4 Å². The first-order valence-electron chi connectivity index (χ1n) is 10.3. The van der Waals surface area contributed by atoms with Gasteiger partial charge in [-0.3, -0.25) is 4.79 Å². The lowest BCUT2D eigenvalue weighted by molar-refractivity contribution is -0.117. The van der Waals surface area contributed by atoms with Crippen LogP contribution >= 0.6 is 0 Å². The quantitative estimate of drug-likeness (QED) is 0.690. The number of amidine groups is 1. The Morgan fingerprint density at radius 3 is 2.42 bits per heavy atom. The van der Waals surface area contributed by atoms with Crippen LogP contribution in [0.2, 0.25) is 0 Å². The van der Waals surface area contributed by atoms with Gasteiger partial charge in [0, 0.05) is 31.3 Å². The zero-order valence-corrected chi connectivity index (χ0v) is 18.1. The molecule has 1 amide bonds. The number of aryl methyl sites for hydroxylation is 1. The minimum absolute atomic E-state index is 0.222. The van der Waals surface area contributed by atoms with Crippen molar-refractivity contribution >= 4 is 28.8 Å². The van der Waals surface area contributed by atoms with Crippen molar-refractivity contribution in [3.05, 3.63) is 59.9 Å². The molecule has 0 atom stereocenters. The summed E-state index contributed by atoms with van der Waals surface area (Å²) in [4.78, 5) is 18.9. The van der Waals surface area contributed by atoms with Gasteiger partial charge in [0.2, 0.25) is 11.7 Å². The van der Waals surface area contributed by atoms with E-state index in [0.29, 0.717) is 23.2 Å². The molecular formula is C23H25N7O. The van der Waals surface area contributed by atoms with Crippen LogP contribution in [0.25, 0.3) is 11.4 Å². The number of aliphatic imine (C=N–C) groups is 1. The molecule has 2 aromatic carbocycles. The third kappa shape index (κ3) is 3.96. The Bertz CT molecular complexity index is 1170. The van der Waals surface area contributed by atoms with Gasteiger partial charge in [-0.05, 0) is 44.5 Å². The van der Waals surface area contributed by atoms with Gasteiger partial charge in [-0.15, -0.1) is 15.3 Å². The minimum atomic E-state index is -0.222. The summed E-state index contributed by atoms with van der Waals surface area (Å²) < 4.78 is 1.62. The molecule has 0 unspecified atom stereocenters. The molecule has 0 spiro atoms. The Balaban J connectivity index is 1.78. The molecule has 0 aliphatic carbocycles. The standard InChI is InChI=1S/C23H25N7O/c1-5-29(6-2)18-12-13-19(15(3)14-18)25-20-21(24-16(4)31)28-30-22(26-27-23(20)30)17-10-8-7-9-11-17/h7-14H,5-6H2,1-4H3,(H,24,28,31). The second-order valence-electron chi connectivity index (χ2n) is 7.26. The molecule has 0 saturated carbocycles. The van der Waals surface area contributed by atoms with Crippen molar-refractivity contribution in [2.24, 2.45) is 10.1 Å². The van der Waals surface area contributed by atoms with Gasteiger partial charge in [0.1, 0.15) is 0 Å². The van der Waals surface area contributed by atoms with E-state index in [1.54, 1.807) is 4.68 Å². The molecular weight excluding hydrogens is 390 g/mol. The van der Waals surface area contributed by atoms with Crippen molar-refractivity contribution in [1.29, 1.82) is 0 Å². The largest absolute Gasteiger partial charge is 0.372 e. The summed E-state index contributed by atoms with van der Waals surface area (Å²) in [6.07, 6.45) is 0. The normalized spacial score (nSPS) is 13.8. The lowest BCUT2D eigenvalue weighted by Gasteiger charge is -2.21. The van der Waals surface area contributed by atoms with E-state index >= 15 is 0 Å². The maximum atomic E-state index is 11.8.